The number of ether oxygens (including phenoxy) is 2. The number of hydrogen-bond donors (Lipinski definition) is 1. The number of carbonyl (C=O) groups excluding carboxylic acids is 1. The lowest BCUT2D eigenvalue weighted by atomic mass is 10.2. The maximum Gasteiger partial charge on any atom is 0.230 e. The number of amides is 1. The van der Waals surface area contributed by atoms with Crippen LogP contribution in [0.5, 0.6) is 11.5 Å². The van der Waals surface area contributed by atoms with Crippen LogP contribution in [0.1, 0.15) is 13.8 Å². The molecule has 1 aromatic carbocycles. The van der Waals surface area contributed by atoms with Gasteiger partial charge in [0, 0.05) is 18.7 Å². The lowest BCUT2D eigenvalue weighted by Crippen LogP contribution is -2.31. The molecule has 1 aliphatic rings. The molecule has 3 rings (SSSR count). The van der Waals surface area contributed by atoms with E-state index in [2.05, 4.69) is 15.5 Å². The molecule has 0 fully saturated rings. The number of hydrogen-bond acceptors (Lipinski definition) is 6. The second-order valence-corrected chi connectivity index (χ2v) is 6.68. The van der Waals surface area contributed by atoms with Gasteiger partial charge >= 0.3 is 0 Å². The molecule has 0 saturated heterocycles. The van der Waals surface area contributed by atoms with Gasteiger partial charge in [0.15, 0.2) is 22.5 Å². The van der Waals surface area contributed by atoms with Crippen LogP contribution in [-0.4, -0.2) is 45.7 Å². The van der Waals surface area contributed by atoms with Crippen molar-refractivity contribution < 1.29 is 14.3 Å². The summed E-state index contributed by atoms with van der Waals surface area (Å²) in [4.78, 5) is 11.8. The van der Waals surface area contributed by atoms with Gasteiger partial charge in [-0.3, -0.25) is 4.79 Å². The third-order valence-electron chi connectivity index (χ3n) is 3.42. The van der Waals surface area contributed by atoms with Gasteiger partial charge in [-0.2, -0.15) is 0 Å². The zero-order valence-electron chi connectivity index (χ0n) is 13.9. The molecule has 0 aliphatic carbocycles. The van der Waals surface area contributed by atoms with Crippen LogP contribution in [0, 0.1) is 0 Å². The van der Waals surface area contributed by atoms with Crippen molar-refractivity contribution in [3.05, 3.63) is 18.2 Å². The molecule has 1 amide bonds. The molecule has 2 heterocycles. The van der Waals surface area contributed by atoms with Gasteiger partial charge in [-0.15, -0.1) is 10.2 Å². The summed E-state index contributed by atoms with van der Waals surface area (Å²) in [7, 11) is 1.88. The van der Waals surface area contributed by atoms with Crippen molar-refractivity contribution in [1.29, 1.82) is 0 Å². The number of rotatable bonds is 5. The molecule has 0 unspecified atom stereocenters. The van der Waals surface area contributed by atoms with Crippen molar-refractivity contribution in [2.24, 2.45) is 7.05 Å². The second-order valence-electron chi connectivity index (χ2n) is 5.73. The first-order valence-corrected chi connectivity index (χ1v) is 8.74. The summed E-state index contributed by atoms with van der Waals surface area (Å²) >= 11 is 1.36. The van der Waals surface area contributed by atoms with E-state index in [1.165, 1.54) is 11.8 Å². The summed E-state index contributed by atoms with van der Waals surface area (Å²) in [6.07, 6.45) is 0. The lowest BCUT2D eigenvalue weighted by molar-refractivity contribution is -0.119. The Labute approximate surface area is 144 Å². The molecule has 0 bridgehead atoms. The van der Waals surface area contributed by atoms with Crippen molar-refractivity contribution >= 4 is 17.7 Å². The third kappa shape index (κ3) is 3.64. The minimum absolute atomic E-state index is 0.0149. The van der Waals surface area contributed by atoms with Gasteiger partial charge < -0.3 is 19.4 Å². The van der Waals surface area contributed by atoms with E-state index in [4.69, 9.17) is 9.47 Å². The van der Waals surface area contributed by atoms with E-state index in [1.54, 1.807) is 0 Å². The molecule has 0 saturated carbocycles. The van der Waals surface area contributed by atoms with E-state index >= 15 is 0 Å². The highest BCUT2D eigenvalue weighted by atomic mass is 32.2. The van der Waals surface area contributed by atoms with Crippen molar-refractivity contribution in [2.45, 2.75) is 25.0 Å². The van der Waals surface area contributed by atoms with E-state index in [1.807, 2.05) is 43.7 Å². The van der Waals surface area contributed by atoms with Gasteiger partial charge in [-0.1, -0.05) is 11.8 Å². The molecule has 8 heteroatoms. The van der Waals surface area contributed by atoms with Crippen LogP contribution in [0.2, 0.25) is 0 Å². The first kappa shape index (κ1) is 16.6. The topological polar surface area (TPSA) is 78.3 Å². The zero-order valence-corrected chi connectivity index (χ0v) is 14.7. The summed E-state index contributed by atoms with van der Waals surface area (Å²) in [6, 6.07) is 5.84. The predicted octanol–water partition coefficient (Wildman–Crippen LogP) is 1.87. The van der Waals surface area contributed by atoms with Crippen molar-refractivity contribution in [1.82, 2.24) is 20.1 Å². The third-order valence-corrected chi connectivity index (χ3v) is 4.44. The summed E-state index contributed by atoms with van der Waals surface area (Å²) in [5.74, 6) is 2.47. The Morgan fingerprint density at radius 2 is 2.04 bits per heavy atom. The fraction of sp³-hybridized carbons (Fsp3) is 0.438. The van der Waals surface area contributed by atoms with E-state index < -0.39 is 0 Å². The smallest absolute Gasteiger partial charge is 0.230 e. The fourth-order valence-electron chi connectivity index (χ4n) is 2.37. The van der Waals surface area contributed by atoms with E-state index in [0.29, 0.717) is 29.9 Å². The van der Waals surface area contributed by atoms with Gasteiger partial charge in [0.25, 0.3) is 0 Å². The molecular weight excluding hydrogens is 328 g/mol. The monoisotopic (exact) mass is 348 g/mol. The Bertz CT molecular complexity index is 745. The van der Waals surface area contributed by atoms with Gasteiger partial charge in [-0.25, -0.2) is 0 Å². The first-order chi connectivity index (χ1) is 11.5. The normalized spacial score (nSPS) is 13.2. The molecule has 1 N–H and O–H groups in total. The number of nitrogens with one attached hydrogen (secondary N) is 1. The number of thioether (sulfide) groups is 1. The van der Waals surface area contributed by atoms with Crippen molar-refractivity contribution in [3.63, 3.8) is 0 Å². The van der Waals surface area contributed by atoms with Gasteiger partial charge in [0.1, 0.15) is 13.2 Å². The summed E-state index contributed by atoms with van der Waals surface area (Å²) in [5.41, 5.74) is 0.896. The number of benzene rings is 1. The zero-order chi connectivity index (χ0) is 17.1. The Morgan fingerprint density at radius 3 is 2.79 bits per heavy atom. The molecule has 128 valence electrons. The van der Waals surface area contributed by atoms with Crippen LogP contribution in [0.25, 0.3) is 11.4 Å². The molecule has 1 aliphatic heterocycles. The Morgan fingerprint density at radius 1 is 1.29 bits per heavy atom. The Kier molecular flexibility index (Phi) is 4.94. The number of fused-ring (bicyclic) bond motifs is 1. The molecule has 7 nitrogen and oxygen atoms in total. The standard InChI is InChI=1S/C16H20N4O3S/c1-10(2)17-14(21)9-24-16-19-18-15(20(16)3)11-4-5-12-13(8-11)23-7-6-22-12/h4-5,8,10H,6-7,9H2,1-3H3,(H,17,21). The average Bonchev–Trinajstić information content (AvgIpc) is 2.92. The number of carbonyl (C=O) groups is 1. The molecule has 24 heavy (non-hydrogen) atoms. The molecule has 1 aromatic heterocycles. The second kappa shape index (κ2) is 7.12. The first-order valence-electron chi connectivity index (χ1n) is 7.76. The van der Waals surface area contributed by atoms with E-state index in [9.17, 15) is 4.79 Å². The number of nitrogens with zero attached hydrogens (tertiary/aromatic N) is 3. The van der Waals surface area contributed by atoms with Crippen molar-refractivity contribution in [3.8, 4) is 22.9 Å². The molecule has 0 radical (unpaired) electrons. The molecular formula is C16H20N4O3S. The average molecular weight is 348 g/mol. The SMILES string of the molecule is CC(C)NC(=O)CSc1nnc(-c2ccc3c(c2)OCCO3)n1C. The summed E-state index contributed by atoms with van der Waals surface area (Å²) in [5, 5.41) is 12.0. The minimum atomic E-state index is -0.0149. The fourth-order valence-corrected chi connectivity index (χ4v) is 3.09. The molecule has 0 spiro atoms. The predicted molar refractivity (Wildman–Crippen MR) is 91.4 cm³/mol. The van der Waals surface area contributed by atoms with Crippen LogP contribution in [-0.2, 0) is 11.8 Å². The van der Waals surface area contributed by atoms with Crippen molar-refractivity contribution in [2.75, 3.05) is 19.0 Å². The quantitative estimate of drug-likeness (QED) is 0.831. The number of aromatic nitrogens is 3. The minimum Gasteiger partial charge on any atom is -0.486 e. The van der Waals surface area contributed by atoms with Crippen LogP contribution >= 0.6 is 11.8 Å². The largest absolute Gasteiger partial charge is 0.486 e. The lowest BCUT2D eigenvalue weighted by Gasteiger charge is -2.18. The highest BCUT2D eigenvalue weighted by molar-refractivity contribution is 7.99. The highest BCUT2D eigenvalue weighted by Gasteiger charge is 2.17. The van der Waals surface area contributed by atoms with Crippen LogP contribution in [0.3, 0.4) is 0 Å². The molecule has 2 aromatic rings. The molecule has 0 atom stereocenters. The van der Waals surface area contributed by atoms with Crippen LogP contribution in [0.4, 0.5) is 0 Å². The Balaban J connectivity index is 1.74. The van der Waals surface area contributed by atoms with Crippen LogP contribution < -0.4 is 14.8 Å². The van der Waals surface area contributed by atoms with Gasteiger partial charge in [0.05, 0.1) is 5.75 Å². The maximum atomic E-state index is 11.8. The van der Waals surface area contributed by atoms with E-state index in [-0.39, 0.29) is 11.9 Å². The Hall–Kier alpha value is -2.22. The van der Waals surface area contributed by atoms with Crippen LogP contribution in [0.15, 0.2) is 23.4 Å². The summed E-state index contributed by atoms with van der Waals surface area (Å²) < 4.78 is 13.0. The summed E-state index contributed by atoms with van der Waals surface area (Å²) in [6.45, 7) is 4.98. The van der Waals surface area contributed by atoms with Gasteiger partial charge in [-0.05, 0) is 32.0 Å². The van der Waals surface area contributed by atoms with E-state index in [0.717, 1.165) is 17.1 Å². The highest BCUT2D eigenvalue weighted by Crippen LogP contribution is 2.34. The van der Waals surface area contributed by atoms with Gasteiger partial charge in [0.2, 0.25) is 5.91 Å². The maximum absolute atomic E-state index is 11.8.